The van der Waals surface area contributed by atoms with Gasteiger partial charge >= 0.3 is 5.97 Å². The summed E-state index contributed by atoms with van der Waals surface area (Å²) in [6, 6.07) is 5.73. The summed E-state index contributed by atoms with van der Waals surface area (Å²) in [6.07, 6.45) is 1.48. The number of hydrogen-bond acceptors (Lipinski definition) is 4. The first kappa shape index (κ1) is 10.9. The molecule has 0 radical (unpaired) electrons. The molecule has 0 spiro atoms. The fourth-order valence-electron chi connectivity index (χ4n) is 1.79. The highest BCUT2D eigenvalue weighted by molar-refractivity contribution is 7.13. The maximum absolute atomic E-state index is 10.9. The van der Waals surface area contributed by atoms with E-state index in [0.717, 1.165) is 16.4 Å². The minimum absolute atomic E-state index is 0.0308. The van der Waals surface area contributed by atoms with E-state index < -0.39 is 5.97 Å². The highest BCUT2D eigenvalue weighted by Crippen LogP contribution is 2.24. The summed E-state index contributed by atoms with van der Waals surface area (Å²) in [5, 5.41) is 10.9. The number of fused-ring (bicyclic) bond motifs is 1. The molecule has 0 saturated heterocycles. The Balaban J connectivity index is 2.24. The lowest BCUT2D eigenvalue weighted by atomic mass is 10.3. The van der Waals surface area contributed by atoms with Crippen LogP contribution in [0.3, 0.4) is 0 Å². The molecular weight excluding hydrogens is 250 g/mol. The average molecular weight is 259 g/mol. The molecule has 18 heavy (non-hydrogen) atoms. The lowest BCUT2D eigenvalue weighted by Crippen LogP contribution is -1.96. The molecule has 0 aliphatic rings. The third-order valence-corrected chi connectivity index (χ3v) is 3.52. The van der Waals surface area contributed by atoms with Gasteiger partial charge in [-0.1, -0.05) is 6.07 Å². The van der Waals surface area contributed by atoms with Crippen molar-refractivity contribution in [2.45, 2.75) is 6.92 Å². The number of imidazole rings is 1. The van der Waals surface area contributed by atoms with Gasteiger partial charge in [-0.15, -0.1) is 11.3 Å². The Bertz CT molecular complexity index is 731. The monoisotopic (exact) mass is 259 g/mol. The number of aromatic nitrogens is 3. The lowest BCUT2D eigenvalue weighted by molar-refractivity contribution is 0.0691. The van der Waals surface area contributed by atoms with Gasteiger partial charge in [0, 0.05) is 12.3 Å². The predicted molar refractivity (Wildman–Crippen MR) is 68.0 cm³/mol. The van der Waals surface area contributed by atoms with E-state index in [4.69, 9.17) is 5.11 Å². The summed E-state index contributed by atoms with van der Waals surface area (Å²) >= 11 is 1.59. The van der Waals surface area contributed by atoms with Gasteiger partial charge in [0.15, 0.2) is 5.69 Å². The standard InChI is InChI=1S/C12H9N3O2S/c1-7-13-8(10-3-2-4-18-10)5-11-14-9(12(16)17)6-15(7)11/h2-6H,1H3,(H,16,17). The van der Waals surface area contributed by atoms with E-state index >= 15 is 0 Å². The van der Waals surface area contributed by atoms with E-state index in [1.807, 2.05) is 24.4 Å². The number of thiophene rings is 1. The maximum Gasteiger partial charge on any atom is 0.356 e. The fourth-order valence-corrected chi connectivity index (χ4v) is 2.48. The first-order valence-corrected chi connectivity index (χ1v) is 6.17. The number of aromatic carboxylic acids is 1. The van der Waals surface area contributed by atoms with Crippen molar-refractivity contribution in [3.05, 3.63) is 41.3 Å². The van der Waals surface area contributed by atoms with E-state index in [-0.39, 0.29) is 5.69 Å². The molecule has 0 bridgehead atoms. The molecule has 5 nitrogen and oxygen atoms in total. The topological polar surface area (TPSA) is 67.5 Å². The van der Waals surface area contributed by atoms with E-state index in [2.05, 4.69) is 9.97 Å². The predicted octanol–water partition coefficient (Wildman–Crippen LogP) is 2.46. The van der Waals surface area contributed by atoms with Crippen LogP contribution in [0.1, 0.15) is 16.3 Å². The second kappa shape index (κ2) is 3.92. The zero-order valence-corrected chi connectivity index (χ0v) is 10.3. The molecule has 0 saturated carbocycles. The number of nitrogens with zero attached hydrogens (tertiary/aromatic N) is 3. The molecule has 3 aromatic rings. The van der Waals surface area contributed by atoms with Gasteiger partial charge in [0.1, 0.15) is 11.5 Å². The summed E-state index contributed by atoms with van der Waals surface area (Å²) in [5.74, 6) is -0.313. The summed E-state index contributed by atoms with van der Waals surface area (Å²) < 4.78 is 1.68. The van der Waals surface area contributed by atoms with Gasteiger partial charge in [0.05, 0.1) is 10.6 Å². The van der Waals surface area contributed by atoms with Crippen molar-refractivity contribution in [1.82, 2.24) is 14.4 Å². The molecule has 3 rings (SSSR count). The first-order valence-electron chi connectivity index (χ1n) is 5.29. The van der Waals surface area contributed by atoms with E-state index in [9.17, 15) is 4.79 Å². The Morgan fingerprint density at radius 2 is 2.28 bits per heavy atom. The van der Waals surface area contributed by atoms with Crippen LogP contribution in [0.15, 0.2) is 29.8 Å². The molecule has 6 heteroatoms. The van der Waals surface area contributed by atoms with Crippen LogP contribution in [0.2, 0.25) is 0 Å². The van der Waals surface area contributed by atoms with Gasteiger partial charge in [-0.2, -0.15) is 0 Å². The van der Waals surface area contributed by atoms with E-state index in [1.165, 1.54) is 6.20 Å². The normalized spacial score (nSPS) is 10.9. The Kier molecular flexibility index (Phi) is 2.38. The molecule has 0 fully saturated rings. The van der Waals surface area contributed by atoms with Crippen LogP contribution in [0, 0.1) is 6.92 Å². The van der Waals surface area contributed by atoms with Crippen molar-refractivity contribution in [2.75, 3.05) is 0 Å². The van der Waals surface area contributed by atoms with E-state index in [1.54, 1.807) is 21.8 Å². The smallest absolute Gasteiger partial charge is 0.356 e. The van der Waals surface area contributed by atoms with Crippen molar-refractivity contribution in [2.24, 2.45) is 0 Å². The molecular formula is C12H9N3O2S. The van der Waals surface area contributed by atoms with Gasteiger partial charge in [0.2, 0.25) is 0 Å². The first-order chi connectivity index (χ1) is 8.65. The van der Waals surface area contributed by atoms with Crippen molar-refractivity contribution in [1.29, 1.82) is 0 Å². The molecule has 0 aliphatic carbocycles. The van der Waals surface area contributed by atoms with Crippen molar-refractivity contribution >= 4 is 23.0 Å². The number of carboxylic acid groups (broad SMARTS) is 1. The Morgan fingerprint density at radius 1 is 1.44 bits per heavy atom. The fraction of sp³-hybridized carbons (Fsp3) is 0.0833. The van der Waals surface area contributed by atoms with Crippen LogP contribution in [0.4, 0.5) is 0 Å². The molecule has 0 unspecified atom stereocenters. The van der Waals surface area contributed by atoms with Gasteiger partial charge in [-0.05, 0) is 18.4 Å². The summed E-state index contributed by atoms with van der Waals surface area (Å²) in [5.41, 5.74) is 1.45. The zero-order valence-electron chi connectivity index (χ0n) is 9.49. The van der Waals surface area contributed by atoms with Crippen LogP contribution >= 0.6 is 11.3 Å². The number of carboxylic acids is 1. The SMILES string of the molecule is Cc1nc(-c2cccs2)cc2nc(C(=O)O)cn12. The minimum atomic E-state index is -1.03. The average Bonchev–Trinajstić information content (AvgIpc) is 2.97. The molecule has 3 heterocycles. The molecule has 0 aliphatic heterocycles. The Labute approximate surface area is 106 Å². The molecule has 1 N–H and O–H groups in total. The summed E-state index contributed by atoms with van der Waals surface area (Å²) in [6.45, 7) is 1.83. The number of aryl methyl sites for hydroxylation is 1. The second-order valence-electron chi connectivity index (χ2n) is 3.83. The van der Waals surface area contributed by atoms with Crippen LogP contribution in [-0.4, -0.2) is 25.4 Å². The van der Waals surface area contributed by atoms with Crippen LogP contribution in [0.25, 0.3) is 16.2 Å². The van der Waals surface area contributed by atoms with Gasteiger partial charge < -0.3 is 5.11 Å². The van der Waals surface area contributed by atoms with Crippen LogP contribution in [0.5, 0.6) is 0 Å². The lowest BCUT2D eigenvalue weighted by Gasteiger charge is -2.02. The molecule has 90 valence electrons. The molecule has 0 atom stereocenters. The summed E-state index contributed by atoms with van der Waals surface area (Å²) in [7, 11) is 0. The maximum atomic E-state index is 10.9. The third kappa shape index (κ3) is 1.67. The number of rotatable bonds is 2. The second-order valence-corrected chi connectivity index (χ2v) is 4.77. The number of hydrogen-bond donors (Lipinski definition) is 1. The van der Waals surface area contributed by atoms with Crippen LogP contribution in [-0.2, 0) is 0 Å². The van der Waals surface area contributed by atoms with Crippen molar-refractivity contribution < 1.29 is 9.90 Å². The minimum Gasteiger partial charge on any atom is -0.476 e. The highest BCUT2D eigenvalue weighted by atomic mass is 32.1. The highest BCUT2D eigenvalue weighted by Gasteiger charge is 2.12. The largest absolute Gasteiger partial charge is 0.476 e. The molecule has 3 aromatic heterocycles. The Morgan fingerprint density at radius 3 is 2.94 bits per heavy atom. The van der Waals surface area contributed by atoms with Gasteiger partial charge in [0.25, 0.3) is 0 Å². The molecule has 0 amide bonds. The van der Waals surface area contributed by atoms with E-state index in [0.29, 0.717) is 5.65 Å². The Hall–Kier alpha value is -2.21. The van der Waals surface area contributed by atoms with Gasteiger partial charge in [-0.25, -0.2) is 14.8 Å². The van der Waals surface area contributed by atoms with Crippen molar-refractivity contribution in [3.8, 4) is 10.6 Å². The van der Waals surface area contributed by atoms with Gasteiger partial charge in [-0.3, -0.25) is 4.40 Å². The summed E-state index contributed by atoms with van der Waals surface area (Å²) in [4.78, 5) is 20.5. The number of carbonyl (C=O) groups is 1. The quantitative estimate of drug-likeness (QED) is 0.767. The molecule has 0 aromatic carbocycles. The zero-order chi connectivity index (χ0) is 12.7. The van der Waals surface area contributed by atoms with Crippen LogP contribution < -0.4 is 0 Å². The van der Waals surface area contributed by atoms with Crippen molar-refractivity contribution in [3.63, 3.8) is 0 Å². The third-order valence-electron chi connectivity index (χ3n) is 2.62.